The maximum absolute atomic E-state index is 13.8. The Morgan fingerprint density at radius 2 is 1.91 bits per heavy atom. The van der Waals surface area contributed by atoms with Crippen LogP contribution in [0.3, 0.4) is 0 Å². The van der Waals surface area contributed by atoms with E-state index in [9.17, 15) is 14.7 Å². The zero-order valence-corrected chi connectivity index (χ0v) is 28.3. The third-order valence-electron chi connectivity index (χ3n) is 11.2. The molecular weight excluding hydrogens is 616 g/mol. The van der Waals surface area contributed by atoms with Crippen molar-refractivity contribution in [3.05, 3.63) is 27.4 Å². The van der Waals surface area contributed by atoms with E-state index in [2.05, 4.69) is 17.1 Å². The Morgan fingerprint density at radius 1 is 1.11 bits per heavy atom. The van der Waals surface area contributed by atoms with Crippen LogP contribution in [0.15, 0.2) is 4.79 Å². The van der Waals surface area contributed by atoms with Gasteiger partial charge in [-0.05, 0) is 83.5 Å². The maximum Gasteiger partial charge on any atom is 0.308 e. The molecule has 0 spiro atoms. The summed E-state index contributed by atoms with van der Waals surface area (Å²) in [5.41, 5.74) is 1.89. The van der Waals surface area contributed by atoms with Crippen LogP contribution in [0.1, 0.15) is 69.0 Å². The Balaban J connectivity index is 1.09. The van der Waals surface area contributed by atoms with E-state index in [4.69, 9.17) is 31.2 Å². The smallest absolute Gasteiger partial charge is 0.308 e. The van der Waals surface area contributed by atoms with Crippen LogP contribution in [0.2, 0.25) is 0 Å². The van der Waals surface area contributed by atoms with Crippen molar-refractivity contribution in [2.24, 2.45) is 17.8 Å². The third kappa shape index (κ3) is 7.44. The first-order chi connectivity index (χ1) is 21.7. The summed E-state index contributed by atoms with van der Waals surface area (Å²) in [4.78, 5) is 33.2. The minimum Gasteiger partial charge on any atom is -0.481 e. The standard InChI is InChI=1S/C33H51ClN4O6S/c1-19-15-25(31-30(35-19)27(18-45-31)33(41)42)24-16-21(34)3-6-29(24)44-13-11-38-20(2)36-28-5-4-22(17-26(28)32(38)40)37-9-7-23(8-10-37)43-14-12-39/h19,21-25,27,29-31,35,39H,3-18H2,1-2H3,(H,41,42). The van der Waals surface area contributed by atoms with E-state index in [1.54, 1.807) is 11.8 Å². The molecule has 0 aromatic carbocycles. The van der Waals surface area contributed by atoms with E-state index in [1.165, 1.54) is 0 Å². The highest BCUT2D eigenvalue weighted by Crippen LogP contribution is 2.48. The van der Waals surface area contributed by atoms with E-state index in [0.29, 0.717) is 37.5 Å². The number of ether oxygens (including phenoxy) is 2. The third-order valence-corrected chi connectivity index (χ3v) is 13.2. The molecule has 252 valence electrons. The van der Waals surface area contributed by atoms with Crippen molar-refractivity contribution in [2.75, 3.05) is 38.7 Å². The predicted molar refractivity (Wildman–Crippen MR) is 175 cm³/mol. The molecule has 1 saturated carbocycles. The van der Waals surface area contributed by atoms with Gasteiger partial charge in [0.05, 0.1) is 50.2 Å². The highest BCUT2D eigenvalue weighted by Gasteiger charge is 2.51. The number of carboxylic acids is 1. The minimum atomic E-state index is -0.707. The van der Waals surface area contributed by atoms with Gasteiger partial charge in [-0.1, -0.05) is 0 Å². The van der Waals surface area contributed by atoms with E-state index >= 15 is 0 Å². The summed E-state index contributed by atoms with van der Waals surface area (Å²) in [6.45, 7) is 7.38. The first-order valence-corrected chi connectivity index (χ1v) is 18.6. The molecule has 5 aliphatic rings. The topological polar surface area (TPSA) is 126 Å². The molecule has 4 fully saturated rings. The molecule has 45 heavy (non-hydrogen) atoms. The monoisotopic (exact) mass is 666 g/mol. The molecule has 9 atom stereocenters. The number of aliphatic hydroxyl groups is 1. The van der Waals surface area contributed by atoms with Crippen molar-refractivity contribution in [3.8, 4) is 0 Å². The lowest BCUT2D eigenvalue weighted by atomic mass is 9.70. The number of hydrogen-bond acceptors (Lipinski definition) is 9. The molecule has 2 aliphatic carbocycles. The van der Waals surface area contributed by atoms with Gasteiger partial charge in [-0.25, -0.2) is 4.98 Å². The molecule has 6 rings (SSSR count). The Labute approximate surface area is 276 Å². The summed E-state index contributed by atoms with van der Waals surface area (Å²) in [5.74, 6) is 0.961. The van der Waals surface area contributed by atoms with Gasteiger partial charge in [0.25, 0.3) is 5.56 Å². The lowest BCUT2D eigenvalue weighted by Crippen LogP contribution is -2.57. The Morgan fingerprint density at radius 3 is 2.67 bits per heavy atom. The summed E-state index contributed by atoms with van der Waals surface area (Å²) in [5, 5.41) is 22.9. The van der Waals surface area contributed by atoms with Crippen LogP contribution in [0.5, 0.6) is 0 Å². The van der Waals surface area contributed by atoms with Crippen LogP contribution in [-0.4, -0.2) is 110 Å². The van der Waals surface area contributed by atoms with Gasteiger partial charge in [0, 0.05) is 53.2 Å². The van der Waals surface area contributed by atoms with Crippen LogP contribution in [-0.2, 0) is 33.7 Å². The number of nitrogens with one attached hydrogen (secondary N) is 1. The van der Waals surface area contributed by atoms with E-state index in [1.807, 2.05) is 11.5 Å². The Hall–Kier alpha value is -1.21. The van der Waals surface area contributed by atoms with Crippen LogP contribution in [0.25, 0.3) is 0 Å². The first-order valence-electron chi connectivity index (χ1n) is 17.1. The van der Waals surface area contributed by atoms with Gasteiger partial charge in [0.2, 0.25) is 0 Å². The largest absolute Gasteiger partial charge is 0.481 e. The molecule has 0 bridgehead atoms. The number of hydrogen-bond donors (Lipinski definition) is 3. The molecule has 3 aliphatic heterocycles. The van der Waals surface area contributed by atoms with E-state index in [-0.39, 0.29) is 58.9 Å². The lowest BCUT2D eigenvalue weighted by Gasteiger charge is -2.47. The number of aliphatic carboxylic acids is 1. The second kappa shape index (κ2) is 14.9. The summed E-state index contributed by atoms with van der Waals surface area (Å²) in [6, 6.07) is 0.580. The number of aromatic nitrogens is 2. The van der Waals surface area contributed by atoms with Crippen LogP contribution in [0.4, 0.5) is 0 Å². The highest BCUT2D eigenvalue weighted by atomic mass is 35.5. The van der Waals surface area contributed by atoms with Gasteiger partial charge in [-0.3, -0.25) is 19.1 Å². The number of aliphatic hydroxyl groups excluding tert-OH is 1. The lowest BCUT2D eigenvalue weighted by molar-refractivity contribution is -0.142. The number of thioether (sulfide) groups is 1. The number of rotatable bonds is 10. The highest BCUT2D eigenvalue weighted by molar-refractivity contribution is 8.00. The summed E-state index contributed by atoms with van der Waals surface area (Å²) < 4.78 is 14.2. The van der Waals surface area contributed by atoms with Crippen LogP contribution < -0.4 is 10.9 Å². The fourth-order valence-corrected chi connectivity index (χ4v) is 11.1. The molecule has 4 heterocycles. The average Bonchev–Trinajstić information content (AvgIpc) is 3.46. The molecule has 9 unspecified atom stereocenters. The molecule has 0 amide bonds. The molecule has 1 aromatic rings. The molecule has 12 heteroatoms. The van der Waals surface area contributed by atoms with Gasteiger partial charge in [0.1, 0.15) is 5.82 Å². The fourth-order valence-electron chi connectivity index (χ4n) is 8.92. The van der Waals surface area contributed by atoms with Gasteiger partial charge >= 0.3 is 5.97 Å². The van der Waals surface area contributed by atoms with Gasteiger partial charge in [-0.15, -0.1) is 11.6 Å². The predicted octanol–water partition coefficient (Wildman–Crippen LogP) is 2.86. The van der Waals surface area contributed by atoms with Gasteiger partial charge in [0.15, 0.2) is 0 Å². The van der Waals surface area contributed by atoms with Crippen LogP contribution >= 0.6 is 23.4 Å². The number of halogens is 1. The molecule has 3 saturated heterocycles. The number of alkyl halides is 1. The van der Waals surface area contributed by atoms with E-state index < -0.39 is 5.97 Å². The van der Waals surface area contributed by atoms with Crippen molar-refractivity contribution >= 4 is 29.3 Å². The number of carbonyl (C=O) groups is 1. The van der Waals surface area contributed by atoms with Gasteiger partial charge < -0.3 is 25.0 Å². The van der Waals surface area contributed by atoms with Crippen molar-refractivity contribution in [1.29, 1.82) is 0 Å². The molecule has 10 nitrogen and oxygen atoms in total. The summed E-state index contributed by atoms with van der Waals surface area (Å²) >= 11 is 8.55. The van der Waals surface area contributed by atoms with Crippen molar-refractivity contribution in [1.82, 2.24) is 19.8 Å². The Bertz CT molecular complexity index is 1240. The fraction of sp³-hybridized carbons (Fsp3) is 0.848. The average molecular weight is 667 g/mol. The second-order valence-electron chi connectivity index (χ2n) is 14.0. The van der Waals surface area contributed by atoms with Crippen molar-refractivity contribution < 1.29 is 24.5 Å². The number of likely N-dealkylation sites (tertiary alicyclic amines) is 1. The number of fused-ring (bicyclic) bond motifs is 2. The summed E-state index contributed by atoms with van der Waals surface area (Å²) in [6.07, 6.45) is 8.44. The second-order valence-corrected chi connectivity index (χ2v) is 15.8. The zero-order valence-electron chi connectivity index (χ0n) is 26.7. The summed E-state index contributed by atoms with van der Waals surface area (Å²) in [7, 11) is 0. The van der Waals surface area contributed by atoms with Crippen LogP contribution in [0, 0.1) is 24.7 Å². The number of carboxylic acid groups (broad SMARTS) is 1. The molecule has 1 aromatic heterocycles. The molecule has 0 radical (unpaired) electrons. The zero-order chi connectivity index (χ0) is 31.7. The number of nitrogens with zero attached hydrogens (tertiary/aromatic N) is 3. The van der Waals surface area contributed by atoms with Crippen molar-refractivity contribution in [2.45, 2.75) is 119 Å². The molecular formula is C33H51ClN4O6S. The first kappa shape index (κ1) is 33.7. The minimum absolute atomic E-state index is 0.0183. The number of aryl methyl sites for hydroxylation is 2. The maximum atomic E-state index is 13.8. The Kier molecular flexibility index (Phi) is 11.2. The normalized spacial score (nSPS) is 36.0. The van der Waals surface area contributed by atoms with E-state index in [0.717, 1.165) is 88.0 Å². The molecule has 3 N–H and O–H groups in total. The quantitative estimate of drug-likeness (QED) is 0.321. The SMILES string of the molecule is Cc1nc2c(c(=O)n1CCOC1CCC(Cl)CC1C1CC(C)NC3C(C(=O)O)CSC13)CC(N1CCC(OCCO)CC1)CC2. The van der Waals surface area contributed by atoms with Crippen molar-refractivity contribution in [3.63, 3.8) is 0 Å². The number of piperidine rings is 2. The van der Waals surface area contributed by atoms with Gasteiger partial charge in [-0.2, -0.15) is 11.8 Å².